The Balaban J connectivity index is 2.61. The monoisotopic (exact) mass is 223 g/mol. The Kier molecular flexibility index (Phi) is 4.31. The highest BCUT2D eigenvalue weighted by Gasteiger charge is 2.16. The summed E-state index contributed by atoms with van der Waals surface area (Å²) in [5, 5.41) is 12.3. The van der Waals surface area contributed by atoms with Crippen LogP contribution in [0.1, 0.15) is 25.5 Å². The van der Waals surface area contributed by atoms with E-state index in [0.717, 1.165) is 5.56 Å². The molecule has 1 aromatic carbocycles. The van der Waals surface area contributed by atoms with Crippen molar-refractivity contribution in [3.8, 4) is 5.75 Å². The molecule has 1 rings (SSSR count). The molecule has 0 aromatic heterocycles. The van der Waals surface area contributed by atoms with Crippen LogP contribution in [0.4, 0.5) is 0 Å². The van der Waals surface area contributed by atoms with Crippen LogP contribution in [0.25, 0.3) is 0 Å². The van der Waals surface area contributed by atoms with Gasteiger partial charge < -0.3 is 9.84 Å². The molecule has 0 aliphatic heterocycles. The number of rotatable bonds is 4. The molecule has 0 aliphatic carbocycles. The number of methoxy groups -OCH3 is 1. The molecule has 0 aliphatic rings. The van der Waals surface area contributed by atoms with Gasteiger partial charge in [-0.15, -0.1) is 0 Å². The van der Waals surface area contributed by atoms with Gasteiger partial charge >= 0.3 is 5.97 Å². The Hall–Kier alpha value is -1.55. The average molecular weight is 223 g/mol. The summed E-state index contributed by atoms with van der Waals surface area (Å²) in [6.45, 7) is 3.70. The van der Waals surface area contributed by atoms with Crippen LogP contribution in [0.15, 0.2) is 24.3 Å². The molecule has 0 unspecified atom stereocenters. The van der Waals surface area contributed by atoms with Gasteiger partial charge in [0.1, 0.15) is 11.8 Å². The second-order valence-corrected chi connectivity index (χ2v) is 3.72. The fourth-order valence-electron chi connectivity index (χ4n) is 1.48. The molecular formula is C12H17NO3. The molecule has 0 bridgehead atoms. The summed E-state index contributed by atoms with van der Waals surface area (Å²) in [7, 11) is 1.37. The van der Waals surface area contributed by atoms with Crippen molar-refractivity contribution in [1.29, 1.82) is 0 Å². The fourth-order valence-corrected chi connectivity index (χ4v) is 1.48. The molecule has 0 saturated carbocycles. The van der Waals surface area contributed by atoms with Gasteiger partial charge in [-0.2, -0.15) is 0 Å². The number of phenolic OH excluding ortho intramolecular Hbond substituents is 1. The Bertz CT molecular complexity index is 348. The maximum atomic E-state index is 11.2. The average Bonchev–Trinajstić information content (AvgIpc) is 2.28. The first-order valence-corrected chi connectivity index (χ1v) is 5.17. The van der Waals surface area contributed by atoms with Gasteiger partial charge in [-0.3, -0.25) is 10.1 Å². The third-order valence-corrected chi connectivity index (χ3v) is 2.45. The summed E-state index contributed by atoms with van der Waals surface area (Å²) in [6.07, 6.45) is 0. The van der Waals surface area contributed by atoms with Crippen LogP contribution >= 0.6 is 0 Å². The molecule has 88 valence electrons. The van der Waals surface area contributed by atoms with E-state index in [9.17, 15) is 4.79 Å². The number of phenols is 1. The molecule has 16 heavy (non-hydrogen) atoms. The van der Waals surface area contributed by atoms with Crippen LogP contribution in [-0.2, 0) is 9.53 Å². The Morgan fingerprint density at radius 1 is 1.31 bits per heavy atom. The molecular weight excluding hydrogens is 206 g/mol. The molecule has 0 heterocycles. The zero-order chi connectivity index (χ0) is 12.1. The van der Waals surface area contributed by atoms with Crippen molar-refractivity contribution in [2.45, 2.75) is 25.9 Å². The Morgan fingerprint density at radius 2 is 1.88 bits per heavy atom. The molecule has 0 spiro atoms. The fraction of sp³-hybridized carbons (Fsp3) is 0.417. The second kappa shape index (κ2) is 5.51. The predicted octanol–water partition coefficient (Wildman–Crippen LogP) is 1.60. The molecule has 2 atom stereocenters. The standard InChI is InChI=1S/C12H17NO3/c1-8(13-9(2)12(15)16-3)10-4-6-11(14)7-5-10/h4-9,13-14H,1-3H3/t8-,9+/m1/s1. The number of hydrogen-bond acceptors (Lipinski definition) is 4. The van der Waals surface area contributed by atoms with Crippen molar-refractivity contribution in [1.82, 2.24) is 5.32 Å². The van der Waals surface area contributed by atoms with E-state index in [1.807, 2.05) is 19.1 Å². The van der Waals surface area contributed by atoms with E-state index in [1.54, 1.807) is 19.1 Å². The van der Waals surface area contributed by atoms with Crippen molar-refractivity contribution in [2.24, 2.45) is 0 Å². The van der Waals surface area contributed by atoms with Crippen molar-refractivity contribution in [2.75, 3.05) is 7.11 Å². The van der Waals surface area contributed by atoms with Crippen molar-refractivity contribution >= 4 is 5.97 Å². The minimum absolute atomic E-state index is 0.0229. The van der Waals surface area contributed by atoms with Crippen molar-refractivity contribution in [3.63, 3.8) is 0 Å². The van der Waals surface area contributed by atoms with E-state index in [4.69, 9.17) is 5.11 Å². The highest BCUT2D eigenvalue weighted by atomic mass is 16.5. The number of ether oxygens (including phenoxy) is 1. The van der Waals surface area contributed by atoms with E-state index in [2.05, 4.69) is 10.1 Å². The van der Waals surface area contributed by atoms with E-state index in [1.165, 1.54) is 7.11 Å². The van der Waals surface area contributed by atoms with E-state index >= 15 is 0 Å². The Morgan fingerprint density at radius 3 is 2.38 bits per heavy atom. The SMILES string of the molecule is COC(=O)[C@H](C)N[C@H](C)c1ccc(O)cc1. The lowest BCUT2D eigenvalue weighted by Gasteiger charge is -2.18. The lowest BCUT2D eigenvalue weighted by molar-refractivity contribution is -0.142. The number of esters is 1. The summed E-state index contributed by atoms with van der Waals surface area (Å²) in [6, 6.07) is 6.55. The van der Waals surface area contributed by atoms with Gasteiger partial charge in [-0.1, -0.05) is 12.1 Å². The molecule has 0 fully saturated rings. The third-order valence-electron chi connectivity index (χ3n) is 2.45. The maximum absolute atomic E-state index is 11.2. The number of nitrogens with one attached hydrogen (secondary N) is 1. The molecule has 1 aromatic rings. The number of benzene rings is 1. The normalized spacial score (nSPS) is 14.2. The number of aromatic hydroxyl groups is 1. The minimum atomic E-state index is -0.353. The van der Waals surface area contributed by atoms with Gasteiger partial charge in [0.15, 0.2) is 0 Å². The predicted molar refractivity (Wildman–Crippen MR) is 61.1 cm³/mol. The van der Waals surface area contributed by atoms with Gasteiger partial charge in [0.05, 0.1) is 7.11 Å². The van der Waals surface area contributed by atoms with Crippen LogP contribution in [0.2, 0.25) is 0 Å². The summed E-state index contributed by atoms with van der Waals surface area (Å²) < 4.78 is 4.63. The first-order chi connectivity index (χ1) is 7.54. The zero-order valence-electron chi connectivity index (χ0n) is 9.73. The molecule has 0 saturated heterocycles. The van der Waals surface area contributed by atoms with Gasteiger partial charge in [0.25, 0.3) is 0 Å². The lowest BCUT2D eigenvalue weighted by Crippen LogP contribution is -2.36. The van der Waals surface area contributed by atoms with Gasteiger partial charge in [0.2, 0.25) is 0 Å². The number of carbonyl (C=O) groups is 1. The number of carbonyl (C=O) groups excluding carboxylic acids is 1. The van der Waals surface area contributed by atoms with Gasteiger partial charge in [0, 0.05) is 6.04 Å². The molecule has 0 radical (unpaired) electrons. The summed E-state index contributed by atoms with van der Waals surface area (Å²) in [4.78, 5) is 11.2. The van der Waals surface area contributed by atoms with E-state index < -0.39 is 0 Å². The zero-order valence-corrected chi connectivity index (χ0v) is 9.73. The highest BCUT2D eigenvalue weighted by molar-refractivity contribution is 5.75. The largest absolute Gasteiger partial charge is 0.508 e. The quantitative estimate of drug-likeness (QED) is 0.761. The van der Waals surface area contributed by atoms with Crippen LogP contribution in [0.3, 0.4) is 0 Å². The van der Waals surface area contributed by atoms with Crippen LogP contribution in [0.5, 0.6) is 5.75 Å². The van der Waals surface area contributed by atoms with Crippen LogP contribution < -0.4 is 5.32 Å². The lowest BCUT2D eigenvalue weighted by atomic mass is 10.1. The molecule has 4 heteroatoms. The smallest absolute Gasteiger partial charge is 0.322 e. The molecule has 4 nitrogen and oxygen atoms in total. The second-order valence-electron chi connectivity index (χ2n) is 3.72. The number of hydrogen-bond donors (Lipinski definition) is 2. The van der Waals surface area contributed by atoms with Crippen LogP contribution in [0, 0.1) is 0 Å². The van der Waals surface area contributed by atoms with E-state index in [-0.39, 0.29) is 23.8 Å². The summed E-state index contributed by atoms with van der Waals surface area (Å²) in [5.41, 5.74) is 1.01. The van der Waals surface area contributed by atoms with Gasteiger partial charge in [-0.05, 0) is 31.5 Å². The minimum Gasteiger partial charge on any atom is -0.508 e. The first-order valence-electron chi connectivity index (χ1n) is 5.17. The maximum Gasteiger partial charge on any atom is 0.322 e. The van der Waals surface area contributed by atoms with Crippen LogP contribution in [-0.4, -0.2) is 24.2 Å². The van der Waals surface area contributed by atoms with Crippen molar-refractivity contribution < 1.29 is 14.6 Å². The molecule has 0 amide bonds. The third kappa shape index (κ3) is 3.24. The summed E-state index contributed by atoms with van der Waals surface area (Å²) >= 11 is 0. The topological polar surface area (TPSA) is 58.6 Å². The van der Waals surface area contributed by atoms with Crippen molar-refractivity contribution in [3.05, 3.63) is 29.8 Å². The van der Waals surface area contributed by atoms with Gasteiger partial charge in [-0.25, -0.2) is 0 Å². The highest BCUT2D eigenvalue weighted by Crippen LogP contribution is 2.16. The Labute approximate surface area is 95.2 Å². The summed E-state index contributed by atoms with van der Waals surface area (Å²) in [5.74, 6) is -0.0532. The van der Waals surface area contributed by atoms with E-state index in [0.29, 0.717) is 0 Å². The molecule has 2 N–H and O–H groups in total. The first kappa shape index (κ1) is 12.5.